The quantitative estimate of drug-likeness (QED) is 0.461. The van der Waals surface area contributed by atoms with Crippen LogP contribution in [0.2, 0.25) is 0 Å². The van der Waals surface area contributed by atoms with Gasteiger partial charge in [-0.2, -0.15) is 5.10 Å². The minimum Gasteiger partial charge on any atom is -0.490 e. The molecule has 1 heterocycles. The third-order valence-corrected chi connectivity index (χ3v) is 3.74. The molecule has 0 atom stereocenters. The van der Waals surface area contributed by atoms with Crippen molar-refractivity contribution in [2.75, 3.05) is 13.2 Å². The van der Waals surface area contributed by atoms with Gasteiger partial charge in [-0.15, -0.1) is 10.2 Å². The highest BCUT2D eigenvalue weighted by Gasteiger charge is 2.00. The summed E-state index contributed by atoms with van der Waals surface area (Å²) in [6, 6.07) is 14.0. The lowest BCUT2D eigenvalue weighted by molar-refractivity contribution is 0.217. The van der Waals surface area contributed by atoms with Crippen LogP contribution in [0.1, 0.15) is 23.6 Å². The van der Waals surface area contributed by atoms with Gasteiger partial charge in [-0.1, -0.05) is 25.1 Å². The van der Waals surface area contributed by atoms with Crippen molar-refractivity contribution >= 4 is 6.21 Å². The Morgan fingerprint density at radius 1 is 1.00 bits per heavy atom. The van der Waals surface area contributed by atoms with Crippen LogP contribution in [0.3, 0.4) is 0 Å². The van der Waals surface area contributed by atoms with Gasteiger partial charge in [0.1, 0.15) is 37.4 Å². The van der Waals surface area contributed by atoms with E-state index in [9.17, 15) is 0 Å². The molecule has 3 rings (SSSR count). The second-order valence-corrected chi connectivity index (χ2v) is 5.86. The maximum Gasteiger partial charge on any atom is 0.141 e. The molecule has 6 nitrogen and oxygen atoms in total. The average Bonchev–Trinajstić information content (AvgIpc) is 3.17. The Hall–Kier alpha value is -3.15. The first-order chi connectivity index (χ1) is 12.7. The second-order valence-electron chi connectivity index (χ2n) is 5.86. The van der Waals surface area contributed by atoms with E-state index in [2.05, 4.69) is 41.3 Å². The Kier molecular flexibility index (Phi) is 5.98. The van der Waals surface area contributed by atoms with Gasteiger partial charge in [-0.3, -0.25) is 0 Å². The molecule has 26 heavy (non-hydrogen) atoms. The molecule has 0 N–H and O–H groups in total. The minimum atomic E-state index is 0.474. The molecule has 0 aliphatic carbocycles. The summed E-state index contributed by atoms with van der Waals surface area (Å²) in [4.78, 5) is 0. The van der Waals surface area contributed by atoms with Crippen molar-refractivity contribution in [3.05, 3.63) is 71.8 Å². The Morgan fingerprint density at radius 2 is 1.77 bits per heavy atom. The third-order valence-electron chi connectivity index (χ3n) is 3.74. The summed E-state index contributed by atoms with van der Waals surface area (Å²) in [6.07, 6.45) is 5.79. The topological polar surface area (TPSA) is 61.5 Å². The maximum atomic E-state index is 5.81. The van der Waals surface area contributed by atoms with Crippen LogP contribution in [-0.4, -0.2) is 34.3 Å². The zero-order valence-electron chi connectivity index (χ0n) is 15.0. The highest BCUT2D eigenvalue weighted by atomic mass is 16.5. The first-order valence-electron chi connectivity index (χ1n) is 8.58. The zero-order chi connectivity index (χ0) is 18.2. The molecule has 0 radical (unpaired) electrons. The largest absolute Gasteiger partial charge is 0.490 e. The average molecular weight is 350 g/mol. The predicted octanol–water partition coefficient (Wildman–Crippen LogP) is 3.49. The van der Waals surface area contributed by atoms with E-state index in [1.807, 2.05) is 30.3 Å². The molecule has 6 heteroatoms. The number of ether oxygens (including phenoxy) is 2. The summed E-state index contributed by atoms with van der Waals surface area (Å²) in [5, 5.41) is 11.6. The summed E-state index contributed by atoms with van der Waals surface area (Å²) in [7, 11) is 0. The minimum absolute atomic E-state index is 0.474. The monoisotopic (exact) mass is 350 g/mol. The molecule has 0 bridgehead atoms. The van der Waals surface area contributed by atoms with Gasteiger partial charge in [0.2, 0.25) is 0 Å². The molecule has 0 saturated heterocycles. The van der Waals surface area contributed by atoms with Crippen LogP contribution in [0.15, 0.2) is 60.2 Å². The van der Waals surface area contributed by atoms with Crippen LogP contribution in [0.4, 0.5) is 0 Å². The van der Waals surface area contributed by atoms with Gasteiger partial charge < -0.3 is 9.47 Å². The number of hydrogen-bond donors (Lipinski definition) is 0. The molecule has 0 unspecified atom stereocenters. The molecule has 134 valence electrons. The van der Waals surface area contributed by atoms with Crippen molar-refractivity contribution in [2.24, 2.45) is 5.10 Å². The van der Waals surface area contributed by atoms with Crippen molar-refractivity contribution in [2.45, 2.75) is 20.3 Å². The zero-order valence-corrected chi connectivity index (χ0v) is 15.0. The van der Waals surface area contributed by atoms with Gasteiger partial charge in [-0.25, -0.2) is 4.68 Å². The van der Waals surface area contributed by atoms with Crippen LogP contribution in [0, 0.1) is 6.92 Å². The molecule has 0 aliphatic heterocycles. The summed E-state index contributed by atoms with van der Waals surface area (Å²) in [6.45, 7) is 5.18. The van der Waals surface area contributed by atoms with Crippen LogP contribution in [0.25, 0.3) is 0 Å². The van der Waals surface area contributed by atoms with Gasteiger partial charge >= 0.3 is 0 Å². The Balaban J connectivity index is 1.50. The summed E-state index contributed by atoms with van der Waals surface area (Å²) < 4.78 is 13.1. The molecule has 0 spiro atoms. The molecule has 0 amide bonds. The van der Waals surface area contributed by atoms with Crippen LogP contribution < -0.4 is 9.47 Å². The summed E-state index contributed by atoms with van der Waals surface area (Å²) >= 11 is 0. The molecule has 2 aromatic carbocycles. The smallest absolute Gasteiger partial charge is 0.141 e. The van der Waals surface area contributed by atoms with Crippen molar-refractivity contribution in [3.8, 4) is 11.5 Å². The molecule has 1 aromatic heterocycles. The van der Waals surface area contributed by atoms with E-state index in [-0.39, 0.29) is 0 Å². The second kappa shape index (κ2) is 8.80. The number of nitrogens with zero attached hydrogens (tertiary/aromatic N) is 4. The summed E-state index contributed by atoms with van der Waals surface area (Å²) in [5.74, 6) is 1.67. The predicted molar refractivity (Wildman–Crippen MR) is 101 cm³/mol. The lowest BCUT2D eigenvalue weighted by atomic mass is 10.1. The fraction of sp³-hybridized carbons (Fsp3) is 0.250. The standard InChI is InChI=1S/C20H22N4O2/c1-3-17-9-16(2)10-20(11-17)26-8-7-25-19-6-4-5-18(12-19)13-23-24-14-21-22-15-24/h4-6,9-15H,3,7-8H2,1-2H3. The van der Waals surface area contributed by atoms with E-state index in [0.29, 0.717) is 13.2 Å². The highest BCUT2D eigenvalue weighted by Crippen LogP contribution is 2.17. The fourth-order valence-electron chi connectivity index (χ4n) is 2.50. The lowest BCUT2D eigenvalue weighted by Gasteiger charge is -2.10. The SMILES string of the molecule is CCc1cc(C)cc(OCCOc2cccc(C=Nn3cnnc3)c2)c1. The molecule has 0 aliphatic rings. The van der Waals surface area contributed by atoms with E-state index >= 15 is 0 Å². The molecule has 0 saturated carbocycles. The van der Waals surface area contributed by atoms with E-state index in [1.54, 1.807) is 6.21 Å². The first-order valence-corrected chi connectivity index (χ1v) is 8.58. The number of hydrogen-bond acceptors (Lipinski definition) is 5. The maximum absolute atomic E-state index is 5.81. The lowest BCUT2D eigenvalue weighted by Crippen LogP contribution is -2.09. The van der Waals surface area contributed by atoms with Crippen molar-refractivity contribution in [3.63, 3.8) is 0 Å². The van der Waals surface area contributed by atoms with Gasteiger partial charge in [0.15, 0.2) is 0 Å². The third kappa shape index (κ3) is 5.17. The van der Waals surface area contributed by atoms with Crippen molar-refractivity contribution < 1.29 is 9.47 Å². The van der Waals surface area contributed by atoms with Crippen LogP contribution in [-0.2, 0) is 6.42 Å². The van der Waals surface area contributed by atoms with E-state index < -0.39 is 0 Å². The number of benzene rings is 2. The Labute approximate surface area is 153 Å². The van der Waals surface area contributed by atoms with E-state index in [1.165, 1.54) is 28.5 Å². The van der Waals surface area contributed by atoms with Gasteiger partial charge in [0, 0.05) is 0 Å². The Morgan fingerprint density at radius 3 is 2.54 bits per heavy atom. The van der Waals surface area contributed by atoms with Gasteiger partial charge in [0.05, 0.1) is 6.21 Å². The summed E-state index contributed by atoms with van der Waals surface area (Å²) in [5.41, 5.74) is 3.42. The molecular formula is C20H22N4O2. The van der Waals surface area contributed by atoms with Crippen LogP contribution >= 0.6 is 0 Å². The number of aryl methyl sites for hydroxylation is 2. The molecule has 3 aromatic rings. The molecular weight excluding hydrogens is 328 g/mol. The van der Waals surface area contributed by atoms with E-state index in [0.717, 1.165) is 23.5 Å². The van der Waals surface area contributed by atoms with Crippen LogP contribution in [0.5, 0.6) is 11.5 Å². The molecule has 0 fully saturated rings. The van der Waals surface area contributed by atoms with Crippen molar-refractivity contribution in [1.29, 1.82) is 0 Å². The first kappa shape index (κ1) is 17.7. The van der Waals surface area contributed by atoms with Gasteiger partial charge in [0.25, 0.3) is 0 Å². The Bertz CT molecular complexity index is 860. The number of aromatic nitrogens is 3. The number of rotatable bonds is 8. The van der Waals surface area contributed by atoms with E-state index in [4.69, 9.17) is 9.47 Å². The normalized spacial score (nSPS) is 11.0. The highest BCUT2D eigenvalue weighted by molar-refractivity contribution is 5.80. The fourth-order valence-corrected chi connectivity index (χ4v) is 2.50. The van der Waals surface area contributed by atoms with Crippen molar-refractivity contribution in [1.82, 2.24) is 14.9 Å². The van der Waals surface area contributed by atoms with Gasteiger partial charge in [-0.05, 0) is 54.3 Å².